The van der Waals surface area contributed by atoms with Crippen LogP contribution in [0.25, 0.3) is 0 Å². The predicted octanol–water partition coefficient (Wildman–Crippen LogP) is 3.92. The second-order valence-electron chi connectivity index (χ2n) is 4.62. The highest BCUT2D eigenvalue weighted by molar-refractivity contribution is 9.10. The summed E-state index contributed by atoms with van der Waals surface area (Å²) in [6.45, 7) is 4.82. The van der Waals surface area contributed by atoms with Crippen molar-refractivity contribution in [3.63, 3.8) is 0 Å². The Morgan fingerprint density at radius 2 is 2.11 bits per heavy atom. The van der Waals surface area contributed by atoms with E-state index in [1.165, 1.54) is 6.07 Å². The Labute approximate surface area is 123 Å². The lowest BCUT2D eigenvalue weighted by molar-refractivity contribution is 0.0299. The average molecular weight is 332 g/mol. The minimum Gasteiger partial charge on any atom is -0.377 e. The fourth-order valence-electron chi connectivity index (χ4n) is 2.26. The number of benzene rings is 1. The van der Waals surface area contributed by atoms with Gasteiger partial charge in [0, 0.05) is 17.1 Å². The Bertz CT molecular complexity index is 380. The minimum atomic E-state index is -0.157. The molecule has 19 heavy (non-hydrogen) atoms. The maximum absolute atomic E-state index is 13.8. The van der Waals surface area contributed by atoms with Crippen LogP contribution in [0.1, 0.15) is 32.3 Å². The van der Waals surface area contributed by atoms with Crippen molar-refractivity contribution in [1.29, 1.82) is 0 Å². The van der Waals surface area contributed by atoms with Gasteiger partial charge in [-0.1, -0.05) is 29.3 Å². The number of nitrogens with one attached hydrogen (secondary N) is 1. The van der Waals surface area contributed by atoms with E-state index in [4.69, 9.17) is 4.74 Å². The van der Waals surface area contributed by atoms with Crippen LogP contribution in [0.15, 0.2) is 22.7 Å². The predicted molar refractivity (Wildman–Crippen MR) is 81.0 cm³/mol. The van der Waals surface area contributed by atoms with Crippen LogP contribution >= 0.6 is 15.9 Å². The monoisotopic (exact) mass is 331 g/mol. The Kier molecular flexibility index (Phi) is 7.57. The van der Waals surface area contributed by atoms with Crippen LogP contribution < -0.4 is 5.32 Å². The Balaban J connectivity index is 2.81. The standard InChI is InChI=1S/C15H23BrFNO/c1-4-6-15(19-5-2)14(18-3)10-11-9-12(16)7-8-13(11)17/h7-9,14-15,18H,4-6,10H2,1-3H3. The Morgan fingerprint density at radius 3 is 2.68 bits per heavy atom. The van der Waals surface area contributed by atoms with Crippen LogP contribution in [0.2, 0.25) is 0 Å². The van der Waals surface area contributed by atoms with E-state index in [1.54, 1.807) is 6.07 Å². The van der Waals surface area contributed by atoms with E-state index in [9.17, 15) is 4.39 Å². The van der Waals surface area contributed by atoms with Gasteiger partial charge in [-0.05, 0) is 50.6 Å². The lowest BCUT2D eigenvalue weighted by Crippen LogP contribution is -2.41. The Morgan fingerprint density at radius 1 is 1.37 bits per heavy atom. The molecule has 0 aliphatic carbocycles. The van der Waals surface area contributed by atoms with Crippen molar-refractivity contribution in [3.8, 4) is 0 Å². The molecule has 1 N–H and O–H groups in total. The molecular formula is C15H23BrFNO. The maximum atomic E-state index is 13.8. The zero-order chi connectivity index (χ0) is 14.3. The van der Waals surface area contributed by atoms with Crippen LogP contribution in [0.3, 0.4) is 0 Å². The Hall–Kier alpha value is -0.450. The lowest BCUT2D eigenvalue weighted by atomic mass is 9.98. The molecule has 0 saturated heterocycles. The molecule has 0 aliphatic rings. The van der Waals surface area contributed by atoms with Crippen molar-refractivity contribution in [2.75, 3.05) is 13.7 Å². The summed E-state index contributed by atoms with van der Waals surface area (Å²) in [6, 6.07) is 5.19. The fourth-order valence-corrected chi connectivity index (χ4v) is 2.66. The van der Waals surface area contributed by atoms with E-state index in [-0.39, 0.29) is 18.0 Å². The van der Waals surface area contributed by atoms with Gasteiger partial charge >= 0.3 is 0 Å². The quantitative estimate of drug-likeness (QED) is 0.779. The van der Waals surface area contributed by atoms with Crippen LogP contribution in [-0.4, -0.2) is 25.8 Å². The van der Waals surface area contributed by atoms with E-state index < -0.39 is 0 Å². The molecule has 1 aromatic rings. The number of hydrogen-bond acceptors (Lipinski definition) is 2. The van der Waals surface area contributed by atoms with Gasteiger partial charge in [-0.15, -0.1) is 0 Å². The molecular weight excluding hydrogens is 309 g/mol. The van der Waals surface area contributed by atoms with E-state index in [1.807, 2.05) is 20.0 Å². The summed E-state index contributed by atoms with van der Waals surface area (Å²) in [7, 11) is 1.90. The lowest BCUT2D eigenvalue weighted by Gasteiger charge is -2.27. The summed E-state index contributed by atoms with van der Waals surface area (Å²) in [5.74, 6) is -0.157. The number of hydrogen-bond donors (Lipinski definition) is 1. The van der Waals surface area contributed by atoms with Crippen molar-refractivity contribution < 1.29 is 9.13 Å². The van der Waals surface area contributed by atoms with Crippen LogP contribution in [0, 0.1) is 5.82 Å². The summed E-state index contributed by atoms with van der Waals surface area (Å²) in [5, 5.41) is 3.26. The van der Waals surface area contributed by atoms with Gasteiger partial charge in [-0.25, -0.2) is 4.39 Å². The molecule has 0 aromatic heterocycles. The second kappa shape index (κ2) is 8.67. The first-order valence-electron chi connectivity index (χ1n) is 6.85. The SMILES string of the molecule is CCCC(OCC)C(Cc1cc(Br)ccc1F)NC. The molecule has 0 radical (unpaired) electrons. The van der Waals surface area contributed by atoms with Crippen LogP contribution in [0.5, 0.6) is 0 Å². The van der Waals surface area contributed by atoms with E-state index in [0.717, 1.165) is 22.9 Å². The van der Waals surface area contributed by atoms with Gasteiger partial charge < -0.3 is 10.1 Å². The van der Waals surface area contributed by atoms with Gasteiger partial charge in [0.15, 0.2) is 0 Å². The van der Waals surface area contributed by atoms with Crippen molar-refractivity contribution in [3.05, 3.63) is 34.1 Å². The van der Waals surface area contributed by atoms with Crippen molar-refractivity contribution in [2.45, 2.75) is 45.3 Å². The molecule has 108 valence electrons. The second-order valence-corrected chi connectivity index (χ2v) is 5.53. The smallest absolute Gasteiger partial charge is 0.126 e. The molecule has 1 aromatic carbocycles. The maximum Gasteiger partial charge on any atom is 0.126 e. The van der Waals surface area contributed by atoms with Crippen molar-refractivity contribution >= 4 is 15.9 Å². The first-order valence-corrected chi connectivity index (χ1v) is 7.64. The third kappa shape index (κ3) is 5.21. The van der Waals surface area contributed by atoms with Gasteiger partial charge in [0.2, 0.25) is 0 Å². The molecule has 2 atom stereocenters. The molecule has 0 bridgehead atoms. The van der Waals surface area contributed by atoms with Gasteiger partial charge in [0.05, 0.1) is 6.10 Å². The first-order chi connectivity index (χ1) is 9.12. The third-order valence-electron chi connectivity index (χ3n) is 3.22. The highest BCUT2D eigenvalue weighted by atomic mass is 79.9. The summed E-state index contributed by atoms with van der Waals surface area (Å²) >= 11 is 3.39. The molecule has 0 heterocycles. The highest BCUT2D eigenvalue weighted by Crippen LogP contribution is 2.19. The van der Waals surface area contributed by atoms with Gasteiger partial charge in [0.1, 0.15) is 5.82 Å². The van der Waals surface area contributed by atoms with E-state index >= 15 is 0 Å². The minimum absolute atomic E-state index is 0.124. The number of rotatable bonds is 8. The molecule has 0 amide bonds. The first kappa shape index (κ1) is 16.6. The topological polar surface area (TPSA) is 21.3 Å². The normalized spacial score (nSPS) is 14.4. The van der Waals surface area contributed by atoms with Gasteiger partial charge in [-0.2, -0.15) is 0 Å². The number of ether oxygens (including phenoxy) is 1. The summed E-state index contributed by atoms with van der Waals surface area (Å²) < 4.78 is 20.5. The van der Waals surface area contributed by atoms with Crippen LogP contribution in [-0.2, 0) is 11.2 Å². The highest BCUT2D eigenvalue weighted by Gasteiger charge is 2.21. The van der Waals surface area contributed by atoms with Crippen molar-refractivity contribution in [2.24, 2.45) is 0 Å². The fraction of sp³-hybridized carbons (Fsp3) is 0.600. The number of halogens is 2. The zero-order valence-electron chi connectivity index (χ0n) is 11.9. The molecule has 0 fully saturated rings. The van der Waals surface area contributed by atoms with E-state index in [2.05, 4.69) is 28.2 Å². The van der Waals surface area contributed by atoms with Gasteiger partial charge in [-0.3, -0.25) is 0 Å². The van der Waals surface area contributed by atoms with Crippen molar-refractivity contribution in [1.82, 2.24) is 5.32 Å². The van der Waals surface area contributed by atoms with Gasteiger partial charge in [0.25, 0.3) is 0 Å². The average Bonchev–Trinajstić information content (AvgIpc) is 2.39. The molecule has 2 nitrogen and oxygen atoms in total. The molecule has 0 spiro atoms. The number of likely N-dealkylation sites (N-methyl/N-ethyl adjacent to an activating group) is 1. The van der Waals surface area contributed by atoms with Crippen LogP contribution in [0.4, 0.5) is 4.39 Å². The van der Waals surface area contributed by atoms with E-state index in [0.29, 0.717) is 13.0 Å². The largest absolute Gasteiger partial charge is 0.377 e. The molecule has 4 heteroatoms. The summed E-state index contributed by atoms with van der Waals surface area (Å²) in [5.41, 5.74) is 0.717. The zero-order valence-corrected chi connectivity index (χ0v) is 13.5. The molecule has 0 aliphatic heterocycles. The summed E-state index contributed by atoms with van der Waals surface area (Å²) in [6.07, 6.45) is 2.80. The summed E-state index contributed by atoms with van der Waals surface area (Å²) in [4.78, 5) is 0. The molecule has 2 unspecified atom stereocenters. The molecule has 1 rings (SSSR count). The third-order valence-corrected chi connectivity index (χ3v) is 3.71. The molecule has 0 saturated carbocycles.